The molecule has 2 aromatic heterocycles. The molecule has 0 fully saturated rings. The van der Waals surface area contributed by atoms with Gasteiger partial charge >= 0.3 is 0 Å². The second-order valence-electron chi connectivity index (χ2n) is 7.04. The molecule has 0 saturated heterocycles. The standard InChI is InChI=1S/C22H22ClN5S/c1-27(13-16-9-10-20-17(12-16)7-5-11-24-20)14-21-25-26-22(28(21)2)29-15-18-6-3-4-8-19(18)23/h3-12H,13-15H2,1-2H3. The van der Waals surface area contributed by atoms with Crippen LogP contribution in [0, 0.1) is 0 Å². The van der Waals surface area contributed by atoms with Crippen LogP contribution in [0.25, 0.3) is 10.9 Å². The lowest BCUT2D eigenvalue weighted by molar-refractivity contribution is 0.306. The van der Waals surface area contributed by atoms with Crippen molar-refractivity contribution in [1.29, 1.82) is 0 Å². The van der Waals surface area contributed by atoms with Crippen LogP contribution in [0.2, 0.25) is 5.02 Å². The highest BCUT2D eigenvalue weighted by Gasteiger charge is 2.12. The highest BCUT2D eigenvalue weighted by molar-refractivity contribution is 7.98. The van der Waals surface area contributed by atoms with Crippen molar-refractivity contribution >= 4 is 34.3 Å². The second kappa shape index (κ2) is 8.95. The van der Waals surface area contributed by atoms with E-state index in [0.29, 0.717) is 0 Å². The van der Waals surface area contributed by atoms with E-state index in [1.54, 1.807) is 11.8 Å². The molecule has 0 bridgehead atoms. The molecular weight excluding hydrogens is 402 g/mol. The first-order chi connectivity index (χ1) is 14.1. The summed E-state index contributed by atoms with van der Waals surface area (Å²) in [6.07, 6.45) is 1.82. The number of benzene rings is 2. The molecule has 0 atom stereocenters. The largest absolute Gasteiger partial charge is 0.308 e. The minimum absolute atomic E-state index is 0.723. The summed E-state index contributed by atoms with van der Waals surface area (Å²) in [6.45, 7) is 1.56. The van der Waals surface area contributed by atoms with Gasteiger partial charge in [-0.15, -0.1) is 10.2 Å². The van der Waals surface area contributed by atoms with Gasteiger partial charge in [-0.1, -0.05) is 53.7 Å². The van der Waals surface area contributed by atoms with Crippen molar-refractivity contribution in [3.8, 4) is 0 Å². The minimum atomic E-state index is 0.723. The van der Waals surface area contributed by atoms with E-state index in [4.69, 9.17) is 11.6 Å². The number of halogens is 1. The monoisotopic (exact) mass is 423 g/mol. The Bertz CT molecular complexity index is 1130. The molecule has 2 aromatic carbocycles. The molecule has 5 nitrogen and oxygen atoms in total. The number of thioether (sulfide) groups is 1. The third-order valence-electron chi connectivity index (χ3n) is 4.77. The average molecular weight is 424 g/mol. The zero-order valence-electron chi connectivity index (χ0n) is 16.4. The number of fused-ring (bicyclic) bond motifs is 1. The van der Waals surface area contributed by atoms with Gasteiger partial charge in [-0.3, -0.25) is 9.88 Å². The Balaban J connectivity index is 1.39. The summed E-state index contributed by atoms with van der Waals surface area (Å²) in [5.41, 5.74) is 3.38. The molecule has 7 heteroatoms. The summed E-state index contributed by atoms with van der Waals surface area (Å²) < 4.78 is 2.06. The SMILES string of the molecule is CN(Cc1ccc2ncccc2c1)Cc1nnc(SCc2ccccc2Cl)n1C. The van der Waals surface area contributed by atoms with Gasteiger partial charge in [0, 0.05) is 36.0 Å². The maximum Gasteiger partial charge on any atom is 0.191 e. The summed E-state index contributed by atoms with van der Waals surface area (Å²) in [5, 5.41) is 11.6. The first kappa shape index (κ1) is 19.9. The number of pyridine rings is 1. The Hall–Kier alpha value is -2.41. The zero-order valence-corrected chi connectivity index (χ0v) is 18.0. The topological polar surface area (TPSA) is 46.8 Å². The first-order valence-corrected chi connectivity index (χ1v) is 10.7. The first-order valence-electron chi connectivity index (χ1n) is 9.37. The van der Waals surface area contributed by atoms with Crippen LogP contribution in [0.3, 0.4) is 0 Å². The third-order valence-corrected chi connectivity index (χ3v) is 6.21. The van der Waals surface area contributed by atoms with Crippen LogP contribution >= 0.6 is 23.4 Å². The van der Waals surface area contributed by atoms with Crippen LogP contribution < -0.4 is 0 Å². The van der Waals surface area contributed by atoms with Gasteiger partial charge in [0.25, 0.3) is 0 Å². The summed E-state index contributed by atoms with van der Waals surface area (Å²) in [7, 11) is 4.11. The van der Waals surface area contributed by atoms with E-state index in [0.717, 1.165) is 51.3 Å². The van der Waals surface area contributed by atoms with Crippen LogP contribution in [-0.4, -0.2) is 31.7 Å². The summed E-state index contributed by atoms with van der Waals surface area (Å²) >= 11 is 7.90. The molecule has 0 spiro atoms. The summed E-state index contributed by atoms with van der Waals surface area (Å²) in [6, 6.07) is 18.4. The molecule has 0 aliphatic carbocycles. The molecule has 148 valence electrons. The van der Waals surface area contributed by atoms with Crippen LogP contribution in [0.1, 0.15) is 17.0 Å². The lowest BCUT2D eigenvalue weighted by atomic mass is 10.1. The van der Waals surface area contributed by atoms with Crippen molar-refractivity contribution in [3.63, 3.8) is 0 Å². The molecule has 0 amide bonds. The van der Waals surface area contributed by atoms with Crippen molar-refractivity contribution < 1.29 is 0 Å². The van der Waals surface area contributed by atoms with Crippen molar-refractivity contribution in [3.05, 3.63) is 82.8 Å². The second-order valence-corrected chi connectivity index (χ2v) is 8.39. The predicted molar refractivity (Wildman–Crippen MR) is 119 cm³/mol. The fourth-order valence-corrected chi connectivity index (χ4v) is 4.41. The Morgan fingerprint density at radius 1 is 1.03 bits per heavy atom. The molecule has 0 unspecified atom stereocenters. The van der Waals surface area contributed by atoms with Gasteiger partial charge in [0.15, 0.2) is 5.16 Å². The number of aromatic nitrogens is 4. The molecule has 4 aromatic rings. The fraction of sp³-hybridized carbons (Fsp3) is 0.227. The van der Waals surface area contributed by atoms with Gasteiger partial charge in [-0.2, -0.15) is 0 Å². The smallest absolute Gasteiger partial charge is 0.191 e. The molecular formula is C22H22ClN5S. The Morgan fingerprint density at radius 3 is 2.76 bits per heavy atom. The molecule has 0 N–H and O–H groups in total. The van der Waals surface area contributed by atoms with E-state index in [9.17, 15) is 0 Å². The van der Waals surface area contributed by atoms with Crippen molar-refractivity contribution in [2.75, 3.05) is 7.05 Å². The number of rotatable bonds is 7. The lowest BCUT2D eigenvalue weighted by Crippen LogP contribution is -2.19. The predicted octanol–water partition coefficient (Wildman–Crippen LogP) is 4.94. The van der Waals surface area contributed by atoms with Gasteiger partial charge < -0.3 is 4.57 Å². The lowest BCUT2D eigenvalue weighted by Gasteiger charge is -2.16. The number of nitrogens with zero attached hydrogens (tertiary/aromatic N) is 5. The van der Waals surface area contributed by atoms with Crippen LogP contribution in [0.15, 0.2) is 66.0 Å². The molecule has 2 heterocycles. The van der Waals surface area contributed by atoms with Crippen molar-refractivity contribution in [2.45, 2.75) is 24.0 Å². The molecule has 4 rings (SSSR count). The van der Waals surface area contributed by atoms with Crippen LogP contribution in [-0.2, 0) is 25.9 Å². The Labute approximate surface area is 179 Å². The van der Waals surface area contributed by atoms with Crippen molar-refractivity contribution in [2.24, 2.45) is 7.05 Å². The number of hydrogen-bond acceptors (Lipinski definition) is 5. The molecule has 0 aliphatic rings. The fourth-order valence-electron chi connectivity index (χ4n) is 3.20. The van der Waals surface area contributed by atoms with Gasteiger partial charge in [0.1, 0.15) is 5.82 Å². The maximum absolute atomic E-state index is 6.25. The van der Waals surface area contributed by atoms with Gasteiger partial charge in [0.2, 0.25) is 0 Å². The highest BCUT2D eigenvalue weighted by Crippen LogP contribution is 2.25. The quantitative estimate of drug-likeness (QED) is 0.394. The normalized spacial score (nSPS) is 11.4. The van der Waals surface area contributed by atoms with Gasteiger partial charge in [-0.05, 0) is 42.4 Å². The Kier molecular flexibility index (Phi) is 6.13. The Morgan fingerprint density at radius 2 is 1.90 bits per heavy atom. The van der Waals surface area contributed by atoms with E-state index >= 15 is 0 Å². The molecule has 0 saturated carbocycles. The summed E-state index contributed by atoms with van der Waals surface area (Å²) in [5.74, 6) is 1.71. The maximum atomic E-state index is 6.25. The minimum Gasteiger partial charge on any atom is -0.308 e. The van der Waals surface area contributed by atoms with Gasteiger partial charge in [0.05, 0.1) is 12.1 Å². The van der Waals surface area contributed by atoms with E-state index in [1.165, 1.54) is 5.56 Å². The molecule has 29 heavy (non-hydrogen) atoms. The van der Waals surface area contributed by atoms with E-state index in [2.05, 4.69) is 56.0 Å². The van der Waals surface area contributed by atoms with E-state index < -0.39 is 0 Å². The summed E-state index contributed by atoms with van der Waals surface area (Å²) in [4.78, 5) is 6.62. The van der Waals surface area contributed by atoms with Gasteiger partial charge in [-0.25, -0.2) is 0 Å². The number of hydrogen-bond donors (Lipinski definition) is 0. The molecule has 0 aliphatic heterocycles. The van der Waals surface area contributed by atoms with E-state index in [1.807, 2.05) is 43.6 Å². The average Bonchev–Trinajstić information content (AvgIpc) is 3.06. The van der Waals surface area contributed by atoms with Crippen molar-refractivity contribution in [1.82, 2.24) is 24.6 Å². The highest BCUT2D eigenvalue weighted by atomic mass is 35.5. The zero-order chi connectivity index (χ0) is 20.2. The van der Waals surface area contributed by atoms with E-state index in [-0.39, 0.29) is 0 Å². The van der Waals surface area contributed by atoms with Crippen LogP contribution in [0.4, 0.5) is 0 Å². The third kappa shape index (κ3) is 4.78. The molecule has 0 radical (unpaired) electrons. The van der Waals surface area contributed by atoms with Crippen LogP contribution in [0.5, 0.6) is 0 Å².